The van der Waals surface area contributed by atoms with Crippen molar-refractivity contribution in [1.29, 1.82) is 0 Å². The molecule has 3 nitrogen and oxygen atoms in total. The van der Waals surface area contributed by atoms with Crippen molar-refractivity contribution in [3.05, 3.63) is 35.6 Å². The number of rotatable bonds is 4. The van der Waals surface area contributed by atoms with Crippen molar-refractivity contribution in [3.63, 3.8) is 0 Å². The van der Waals surface area contributed by atoms with Gasteiger partial charge in [-0.1, -0.05) is 18.6 Å². The molecule has 1 aromatic carbocycles. The second-order valence-corrected chi connectivity index (χ2v) is 5.70. The van der Waals surface area contributed by atoms with Gasteiger partial charge in [-0.05, 0) is 44.5 Å². The van der Waals surface area contributed by atoms with Crippen molar-refractivity contribution in [1.82, 2.24) is 5.32 Å². The zero-order chi connectivity index (χ0) is 13.9. The molecule has 0 amide bonds. The molecule has 1 aliphatic heterocycles. The third-order valence-corrected chi connectivity index (χ3v) is 4.09. The highest BCUT2D eigenvalue weighted by molar-refractivity contribution is 5.78. The average molecular weight is 273 g/mol. The summed E-state index contributed by atoms with van der Waals surface area (Å²) in [5.41, 5.74) is 2.25. The molecule has 0 saturated carbocycles. The van der Waals surface area contributed by atoms with Crippen LogP contribution in [0, 0.1) is 12.8 Å². The Morgan fingerprint density at radius 2 is 2.25 bits per heavy atom. The molecule has 2 atom stereocenters. The summed E-state index contributed by atoms with van der Waals surface area (Å²) in [5.74, 6) is 1.55. The maximum Gasteiger partial charge on any atom is 0.134 e. The first-order valence-electron chi connectivity index (χ1n) is 7.59. The lowest BCUT2D eigenvalue weighted by Gasteiger charge is -2.29. The molecule has 1 fully saturated rings. The third-order valence-electron chi connectivity index (χ3n) is 4.09. The fourth-order valence-electron chi connectivity index (χ4n) is 3.08. The molecule has 1 aliphatic rings. The molecule has 3 rings (SSSR count). The fourth-order valence-corrected chi connectivity index (χ4v) is 3.08. The molecule has 3 heteroatoms. The van der Waals surface area contributed by atoms with Gasteiger partial charge in [-0.15, -0.1) is 0 Å². The van der Waals surface area contributed by atoms with Crippen LogP contribution in [0.4, 0.5) is 0 Å². The van der Waals surface area contributed by atoms with Crippen LogP contribution in [0.1, 0.15) is 37.1 Å². The minimum atomic E-state index is 0.257. The van der Waals surface area contributed by atoms with Crippen LogP contribution in [0.3, 0.4) is 0 Å². The smallest absolute Gasteiger partial charge is 0.134 e. The Balaban J connectivity index is 1.91. The second-order valence-electron chi connectivity index (χ2n) is 5.70. The summed E-state index contributed by atoms with van der Waals surface area (Å²) < 4.78 is 11.7. The fraction of sp³-hybridized carbons (Fsp3) is 0.529. The summed E-state index contributed by atoms with van der Waals surface area (Å²) in [7, 11) is 0. The van der Waals surface area contributed by atoms with Gasteiger partial charge in [0.05, 0.1) is 12.6 Å². The highest BCUT2D eigenvalue weighted by Gasteiger charge is 2.27. The van der Waals surface area contributed by atoms with Crippen LogP contribution in [0.5, 0.6) is 0 Å². The van der Waals surface area contributed by atoms with E-state index >= 15 is 0 Å². The van der Waals surface area contributed by atoms with Gasteiger partial charge in [-0.25, -0.2) is 0 Å². The van der Waals surface area contributed by atoms with E-state index in [1.165, 1.54) is 17.4 Å². The molecule has 0 aliphatic carbocycles. The van der Waals surface area contributed by atoms with Crippen molar-refractivity contribution < 1.29 is 9.15 Å². The summed E-state index contributed by atoms with van der Waals surface area (Å²) in [5, 5.41) is 4.76. The highest BCUT2D eigenvalue weighted by atomic mass is 16.5. The number of aryl methyl sites for hydroxylation is 1. The first-order chi connectivity index (χ1) is 9.78. The third kappa shape index (κ3) is 2.74. The second kappa shape index (κ2) is 5.98. The van der Waals surface area contributed by atoms with Gasteiger partial charge in [0, 0.05) is 17.9 Å². The number of hydrogen-bond acceptors (Lipinski definition) is 3. The van der Waals surface area contributed by atoms with Crippen LogP contribution in [0.15, 0.2) is 28.7 Å². The lowest BCUT2D eigenvalue weighted by Crippen LogP contribution is -2.33. The van der Waals surface area contributed by atoms with Gasteiger partial charge in [0.1, 0.15) is 11.3 Å². The van der Waals surface area contributed by atoms with Crippen molar-refractivity contribution in [2.75, 3.05) is 19.8 Å². The molecule has 1 saturated heterocycles. The minimum absolute atomic E-state index is 0.257. The van der Waals surface area contributed by atoms with E-state index in [1.807, 2.05) is 0 Å². The zero-order valence-electron chi connectivity index (χ0n) is 12.3. The first kappa shape index (κ1) is 13.7. The Labute approximate surface area is 120 Å². The van der Waals surface area contributed by atoms with E-state index < -0.39 is 0 Å². The number of hydrogen-bond donors (Lipinski definition) is 1. The largest absolute Gasteiger partial charge is 0.459 e. The summed E-state index contributed by atoms with van der Waals surface area (Å²) in [6.45, 7) is 6.92. The predicted octanol–water partition coefficient (Wildman–Crippen LogP) is 3.82. The van der Waals surface area contributed by atoms with E-state index in [9.17, 15) is 0 Å². The highest BCUT2D eigenvalue weighted by Crippen LogP contribution is 2.32. The molecule has 0 bridgehead atoms. The number of fused-ring (bicyclic) bond motifs is 1. The summed E-state index contributed by atoms with van der Waals surface area (Å²) >= 11 is 0. The molecule has 108 valence electrons. The van der Waals surface area contributed by atoms with Crippen LogP contribution in [0.25, 0.3) is 11.0 Å². The summed E-state index contributed by atoms with van der Waals surface area (Å²) in [4.78, 5) is 0. The Hall–Kier alpha value is -1.32. The van der Waals surface area contributed by atoms with E-state index in [0.717, 1.165) is 37.5 Å². The monoisotopic (exact) mass is 273 g/mol. The van der Waals surface area contributed by atoms with Gasteiger partial charge in [-0.3, -0.25) is 0 Å². The average Bonchev–Trinajstić information content (AvgIpc) is 2.88. The van der Waals surface area contributed by atoms with Gasteiger partial charge in [0.25, 0.3) is 0 Å². The summed E-state index contributed by atoms with van der Waals surface area (Å²) in [6, 6.07) is 8.79. The molecule has 2 aromatic rings. The number of nitrogens with one attached hydrogen (secondary N) is 1. The molecule has 20 heavy (non-hydrogen) atoms. The molecular formula is C17H23NO2. The van der Waals surface area contributed by atoms with Crippen molar-refractivity contribution in [3.8, 4) is 0 Å². The van der Waals surface area contributed by atoms with Crippen LogP contribution in [0.2, 0.25) is 0 Å². The maximum atomic E-state index is 6.07. The van der Waals surface area contributed by atoms with Crippen molar-refractivity contribution in [2.24, 2.45) is 5.92 Å². The first-order valence-corrected chi connectivity index (χ1v) is 7.59. The quantitative estimate of drug-likeness (QED) is 0.919. The Morgan fingerprint density at radius 3 is 3.00 bits per heavy atom. The van der Waals surface area contributed by atoms with E-state index in [0.29, 0.717) is 5.92 Å². The normalized spacial score (nSPS) is 21.2. The van der Waals surface area contributed by atoms with Gasteiger partial charge in [0.2, 0.25) is 0 Å². The van der Waals surface area contributed by atoms with E-state index in [-0.39, 0.29) is 6.04 Å². The minimum Gasteiger partial charge on any atom is -0.459 e. The van der Waals surface area contributed by atoms with Crippen molar-refractivity contribution >= 4 is 11.0 Å². The Kier molecular flexibility index (Phi) is 4.08. The van der Waals surface area contributed by atoms with Crippen LogP contribution in [-0.2, 0) is 4.74 Å². The van der Waals surface area contributed by atoms with Crippen LogP contribution in [-0.4, -0.2) is 19.8 Å². The number of benzene rings is 1. The standard InChI is InChI=1S/C17H23NO2/c1-3-18-17(13-5-4-8-19-11-13)16-10-14-9-12(2)6-7-15(14)20-16/h6-7,9-10,13,17-18H,3-5,8,11H2,1-2H3. The Morgan fingerprint density at radius 1 is 1.35 bits per heavy atom. The van der Waals surface area contributed by atoms with Gasteiger partial charge in [0.15, 0.2) is 0 Å². The zero-order valence-corrected chi connectivity index (χ0v) is 12.3. The summed E-state index contributed by atoms with van der Waals surface area (Å²) in [6.07, 6.45) is 2.35. The molecular weight excluding hydrogens is 250 g/mol. The van der Waals surface area contributed by atoms with Gasteiger partial charge >= 0.3 is 0 Å². The maximum absolute atomic E-state index is 6.07. The molecule has 0 radical (unpaired) electrons. The molecule has 2 unspecified atom stereocenters. The van der Waals surface area contributed by atoms with E-state index in [2.05, 4.69) is 43.4 Å². The van der Waals surface area contributed by atoms with Gasteiger partial charge in [-0.2, -0.15) is 0 Å². The number of furan rings is 1. The SMILES string of the molecule is CCNC(c1cc2cc(C)ccc2o1)C1CCCOC1. The molecule has 0 spiro atoms. The lowest BCUT2D eigenvalue weighted by atomic mass is 9.92. The number of ether oxygens (including phenoxy) is 1. The molecule has 1 N–H and O–H groups in total. The van der Waals surface area contributed by atoms with E-state index in [1.54, 1.807) is 0 Å². The lowest BCUT2D eigenvalue weighted by molar-refractivity contribution is 0.0361. The topological polar surface area (TPSA) is 34.4 Å². The van der Waals surface area contributed by atoms with Gasteiger partial charge < -0.3 is 14.5 Å². The molecule has 1 aromatic heterocycles. The van der Waals surface area contributed by atoms with Crippen LogP contribution >= 0.6 is 0 Å². The van der Waals surface area contributed by atoms with Crippen molar-refractivity contribution in [2.45, 2.75) is 32.7 Å². The molecule has 2 heterocycles. The Bertz CT molecular complexity index is 569. The van der Waals surface area contributed by atoms with Crippen LogP contribution < -0.4 is 5.32 Å². The van der Waals surface area contributed by atoms with E-state index in [4.69, 9.17) is 9.15 Å². The predicted molar refractivity (Wildman–Crippen MR) is 80.9 cm³/mol.